The molecule has 2 saturated carbocycles. The molecular formula is C15H19Cl. The quantitative estimate of drug-likeness (QED) is 0.643. The molecule has 0 bridgehead atoms. The molecule has 0 saturated heterocycles. The molecule has 2 aliphatic rings. The summed E-state index contributed by atoms with van der Waals surface area (Å²) in [6.07, 6.45) is 7.86. The maximum absolute atomic E-state index is 6.20. The van der Waals surface area contributed by atoms with Crippen LogP contribution in [0.15, 0.2) is 24.3 Å². The second-order valence-corrected chi connectivity index (χ2v) is 6.02. The average Bonchev–Trinajstić information content (AvgIpc) is 2.63. The molecule has 2 unspecified atom stereocenters. The van der Waals surface area contributed by atoms with Gasteiger partial charge in [-0.3, -0.25) is 0 Å². The smallest absolute Gasteiger partial charge is 0.0342 e. The van der Waals surface area contributed by atoms with Gasteiger partial charge in [0.25, 0.3) is 0 Å². The van der Waals surface area contributed by atoms with E-state index in [0.717, 1.165) is 11.8 Å². The van der Waals surface area contributed by atoms with Crippen molar-refractivity contribution in [3.05, 3.63) is 35.4 Å². The zero-order valence-electron chi connectivity index (χ0n) is 9.66. The first kappa shape index (κ1) is 10.7. The molecule has 86 valence electrons. The van der Waals surface area contributed by atoms with Crippen molar-refractivity contribution in [2.24, 2.45) is 0 Å². The monoisotopic (exact) mass is 234 g/mol. The van der Waals surface area contributed by atoms with Crippen molar-refractivity contribution in [3.63, 3.8) is 0 Å². The zero-order valence-corrected chi connectivity index (χ0v) is 10.4. The predicted octanol–water partition coefficient (Wildman–Crippen LogP) is 4.83. The molecule has 1 aromatic carbocycles. The Hall–Kier alpha value is -0.490. The van der Waals surface area contributed by atoms with Crippen LogP contribution in [0.1, 0.15) is 61.5 Å². The highest BCUT2D eigenvalue weighted by atomic mass is 35.5. The molecule has 3 rings (SSSR count). The lowest BCUT2D eigenvalue weighted by molar-refractivity contribution is 0.419. The van der Waals surface area contributed by atoms with E-state index in [9.17, 15) is 0 Å². The number of benzene rings is 1. The Bertz CT molecular complexity index is 367. The first-order chi connectivity index (χ1) is 7.83. The average molecular weight is 235 g/mol. The van der Waals surface area contributed by atoms with Crippen LogP contribution in [0, 0.1) is 0 Å². The van der Waals surface area contributed by atoms with Gasteiger partial charge in [0.05, 0.1) is 0 Å². The van der Waals surface area contributed by atoms with Gasteiger partial charge < -0.3 is 0 Å². The highest BCUT2D eigenvalue weighted by Gasteiger charge is 2.25. The standard InChI is InChI=1S/C15H19Cl/c16-15-8-7-14(10-15)13-6-2-5-12(9-13)11-3-1-4-11/h2,5-6,9,11,14-15H,1,3-4,7-8,10H2. The summed E-state index contributed by atoms with van der Waals surface area (Å²) in [7, 11) is 0. The normalized spacial score (nSPS) is 30.3. The summed E-state index contributed by atoms with van der Waals surface area (Å²) in [4.78, 5) is 0. The third kappa shape index (κ3) is 2.00. The SMILES string of the molecule is ClC1CCC(c2cccc(C3CCC3)c2)C1. The van der Waals surface area contributed by atoms with E-state index in [4.69, 9.17) is 11.6 Å². The van der Waals surface area contributed by atoms with Gasteiger partial charge in [0.1, 0.15) is 0 Å². The molecule has 0 N–H and O–H groups in total. The maximum Gasteiger partial charge on any atom is 0.0342 e. The Labute approximate surface area is 103 Å². The van der Waals surface area contributed by atoms with Gasteiger partial charge in [0.15, 0.2) is 0 Å². The number of hydrogen-bond donors (Lipinski definition) is 0. The molecule has 0 heterocycles. The molecule has 0 spiro atoms. The Morgan fingerprint density at radius 3 is 2.25 bits per heavy atom. The number of alkyl halides is 1. The summed E-state index contributed by atoms with van der Waals surface area (Å²) >= 11 is 6.20. The van der Waals surface area contributed by atoms with Crippen LogP contribution in [0.3, 0.4) is 0 Å². The molecule has 16 heavy (non-hydrogen) atoms. The number of hydrogen-bond acceptors (Lipinski definition) is 0. The van der Waals surface area contributed by atoms with Crippen molar-refractivity contribution >= 4 is 11.6 Å². The lowest BCUT2D eigenvalue weighted by Crippen LogP contribution is -2.09. The molecular weight excluding hydrogens is 216 g/mol. The molecule has 0 nitrogen and oxygen atoms in total. The van der Waals surface area contributed by atoms with E-state index < -0.39 is 0 Å². The third-order valence-corrected chi connectivity index (χ3v) is 4.72. The third-order valence-electron chi connectivity index (χ3n) is 4.33. The maximum atomic E-state index is 6.20. The van der Waals surface area contributed by atoms with Gasteiger partial charge in [-0.15, -0.1) is 11.6 Å². The van der Waals surface area contributed by atoms with Crippen molar-refractivity contribution in [2.45, 2.75) is 55.7 Å². The van der Waals surface area contributed by atoms with Crippen LogP contribution in [0.2, 0.25) is 0 Å². The Morgan fingerprint density at radius 2 is 1.69 bits per heavy atom. The molecule has 2 atom stereocenters. The fourth-order valence-corrected chi connectivity index (χ4v) is 3.38. The van der Waals surface area contributed by atoms with Crippen LogP contribution in [0.5, 0.6) is 0 Å². The van der Waals surface area contributed by atoms with Crippen LogP contribution < -0.4 is 0 Å². The lowest BCUT2D eigenvalue weighted by atomic mass is 9.79. The van der Waals surface area contributed by atoms with E-state index in [-0.39, 0.29) is 0 Å². The van der Waals surface area contributed by atoms with Gasteiger partial charge >= 0.3 is 0 Å². The van der Waals surface area contributed by atoms with E-state index in [1.165, 1.54) is 44.1 Å². The fraction of sp³-hybridized carbons (Fsp3) is 0.600. The Morgan fingerprint density at radius 1 is 0.938 bits per heavy atom. The van der Waals surface area contributed by atoms with Crippen molar-refractivity contribution in [2.75, 3.05) is 0 Å². The Kier molecular flexibility index (Phi) is 2.93. The van der Waals surface area contributed by atoms with Crippen LogP contribution in [-0.4, -0.2) is 5.38 Å². The van der Waals surface area contributed by atoms with E-state index in [1.807, 2.05) is 0 Å². The molecule has 1 aromatic rings. The summed E-state index contributed by atoms with van der Waals surface area (Å²) < 4.78 is 0. The highest BCUT2D eigenvalue weighted by Crippen LogP contribution is 2.40. The summed E-state index contributed by atoms with van der Waals surface area (Å²) in [5.41, 5.74) is 3.11. The van der Waals surface area contributed by atoms with Crippen LogP contribution in [0.25, 0.3) is 0 Å². The number of rotatable bonds is 2. The van der Waals surface area contributed by atoms with Gasteiger partial charge in [-0.2, -0.15) is 0 Å². The minimum atomic E-state index is 0.414. The highest BCUT2D eigenvalue weighted by molar-refractivity contribution is 6.20. The van der Waals surface area contributed by atoms with Gasteiger partial charge in [0, 0.05) is 5.38 Å². The topological polar surface area (TPSA) is 0 Å². The van der Waals surface area contributed by atoms with Crippen molar-refractivity contribution in [1.29, 1.82) is 0 Å². The fourth-order valence-electron chi connectivity index (χ4n) is 3.04. The summed E-state index contributed by atoms with van der Waals surface area (Å²) in [6, 6.07) is 9.29. The minimum Gasteiger partial charge on any atom is -0.123 e. The molecule has 0 aliphatic heterocycles. The summed E-state index contributed by atoms with van der Waals surface area (Å²) in [5, 5.41) is 0.414. The van der Waals surface area contributed by atoms with Crippen LogP contribution >= 0.6 is 11.6 Å². The predicted molar refractivity (Wildman–Crippen MR) is 69.3 cm³/mol. The molecule has 0 radical (unpaired) electrons. The van der Waals surface area contributed by atoms with Crippen LogP contribution in [0.4, 0.5) is 0 Å². The summed E-state index contributed by atoms with van der Waals surface area (Å²) in [5.74, 6) is 1.58. The van der Waals surface area contributed by atoms with Crippen molar-refractivity contribution < 1.29 is 0 Å². The van der Waals surface area contributed by atoms with Gasteiger partial charge in [0.2, 0.25) is 0 Å². The van der Waals surface area contributed by atoms with Gasteiger partial charge in [-0.05, 0) is 55.1 Å². The van der Waals surface area contributed by atoms with Crippen LogP contribution in [-0.2, 0) is 0 Å². The van der Waals surface area contributed by atoms with E-state index in [1.54, 1.807) is 5.56 Å². The van der Waals surface area contributed by atoms with E-state index >= 15 is 0 Å². The molecule has 0 aromatic heterocycles. The minimum absolute atomic E-state index is 0.414. The first-order valence-corrected chi connectivity index (χ1v) is 7.00. The summed E-state index contributed by atoms with van der Waals surface area (Å²) in [6.45, 7) is 0. The van der Waals surface area contributed by atoms with Crippen molar-refractivity contribution in [3.8, 4) is 0 Å². The van der Waals surface area contributed by atoms with Crippen molar-refractivity contribution in [1.82, 2.24) is 0 Å². The molecule has 2 fully saturated rings. The molecule has 2 aliphatic carbocycles. The molecule has 0 amide bonds. The van der Waals surface area contributed by atoms with E-state index in [2.05, 4.69) is 24.3 Å². The second-order valence-electron chi connectivity index (χ2n) is 5.41. The Balaban J connectivity index is 1.79. The second kappa shape index (κ2) is 4.41. The molecule has 1 heteroatoms. The van der Waals surface area contributed by atoms with E-state index in [0.29, 0.717) is 5.38 Å². The number of halogens is 1. The zero-order chi connectivity index (χ0) is 11.0. The van der Waals surface area contributed by atoms with Gasteiger partial charge in [-0.25, -0.2) is 0 Å². The first-order valence-electron chi connectivity index (χ1n) is 6.57. The largest absolute Gasteiger partial charge is 0.123 e. The lowest BCUT2D eigenvalue weighted by Gasteiger charge is -2.26. The van der Waals surface area contributed by atoms with Gasteiger partial charge in [-0.1, -0.05) is 30.7 Å².